The minimum atomic E-state index is -0.554. The average molecular weight is 347 g/mol. The number of carbonyl (C=O) groups is 1. The molecule has 1 fully saturated rings. The van der Waals surface area contributed by atoms with Gasteiger partial charge in [0.1, 0.15) is 6.04 Å². The van der Waals surface area contributed by atoms with Crippen molar-refractivity contribution in [3.63, 3.8) is 0 Å². The van der Waals surface area contributed by atoms with Gasteiger partial charge in [0.15, 0.2) is 11.2 Å². The maximum Gasteiger partial charge on any atom is 0.332 e. The van der Waals surface area contributed by atoms with Crippen molar-refractivity contribution in [1.82, 2.24) is 23.6 Å². The van der Waals surface area contributed by atoms with E-state index in [1.54, 1.807) is 18.5 Å². The molecular formula is C17H25N5O3. The monoisotopic (exact) mass is 347 g/mol. The van der Waals surface area contributed by atoms with Crippen LogP contribution in [0.2, 0.25) is 0 Å². The van der Waals surface area contributed by atoms with E-state index in [0.717, 1.165) is 30.3 Å². The molecule has 0 aromatic carbocycles. The summed E-state index contributed by atoms with van der Waals surface area (Å²) >= 11 is 0. The second-order valence-electron chi connectivity index (χ2n) is 6.95. The van der Waals surface area contributed by atoms with E-state index in [9.17, 15) is 14.4 Å². The summed E-state index contributed by atoms with van der Waals surface area (Å²) in [5.74, 6) is -0.0397. The van der Waals surface area contributed by atoms with Gasteiger partial charge in [-0.3, -0.25) is 18.7 Å². The Morgan fingerprint density at radius 2 is 1.84 bits per heavy atom. The van der Waals surface area contributed by atoms with Crippen molar-refractivity contribution in [2.75, 3.05) is 7.05 Å². The van der Waals surface area contributed by atoms with E-state index < -0.39 is 17.3 Å². The van der Waals surface area contributed by atoms with Crippen LogP contribution in [-0.2, 0) is 18.9 Å². The van der Waals surface area contributed by atoms with Crippen molar-refractivity contribution < 1.29 is 4.79 Å². The fourth-order valence-corrected chi connectivity index (χ4v) is 3.72. The third-order valence-corrected chi connectivity index (χ3v) is 5.42. The lowest BCUT2D eigenvalue weighted by atomic mass is 9.94. The van der Waals surface area contributed by atoms with Crippen molar-refractivity contribution >= 4 is 17.1 Å². The number of imidazole rings is 1. The first-order valence-corrected chi connectivity index (χ1v) is 8.73. The van der Waals surface area contributed by atoms with Gasteiger partial charge in [-0.05, 0) is 19.8 Å². The molecule has 2 aromatic heterocycles. The van der Waals surface area contributed by atoms with Gasteiger partial charge < -0.3 is 9.47 Å². The largest absolute Gasteiger partial charge is 0.341 e. The lowest BCUT2D eigenvalue weighted by molar-refractivity contribution is -0.135. The van der Waals surface area contributed by atoms with E-state index in [4.69, 9.17) is 0 Å². The van der Waals surface area contributed by atoms with E-state index in [1.165, 1.54) is 24.4 Å². The molecule has 8 nitrogen and oxygen atoms in total. The van der Waals surface area contributed by atoms with E-state index >= 15 is 0 Å². The lowest BCUT2D eigenvalue weighted by Crippen LogP contribution is -2.42. The molecule has 1 saturated carbocycles. The van der Waals surface area contributed by atoms with Crippen LogP contribution in [0.4, 0.5) is 0 Å². The Bertz CT molecular complexity index is 917. The fourth-order valence-electron chi connectivity index (χ4n) is 3.72. The third kappa shape index (κ3) is 2.79. The van der Waals surface area contributed by atoms with Gasteiger partial charge in [-0.25, -0.2) is 9.78 Å². The number of fused-ring (bicyclic) bond motifs is 1. The van der Waals surface area contributed by atoms with E-state index in [2.05, 4.69) is 4.98 Å². The summed E-state index contributed by atoms with van der Waals surface area (Å²) in [7, 11) is 4.84. The van der Waals surface area contributed by atoms with E-state index in [1.807, 2.05) is 11.9 Å². The van der Waals surface area contributed by atoms with Gasteiger partial charge in [-0.1, -0.05) is 19.3 Å². The number of rotatable bonds is 3. The summed E-state index contributed by atoms with van der Waals surface area (Å²) in [6.07, 6.45) is 7.04. The molecule has 1 aliphatic rings. The van der Waals surface area contributed by atoms with Gasteiger partial charge in [-0.2, -0.15) is 0 Å². The standard InChI is InChI=1S/C17H25N5O3/c1-11(15(23)19(2)12-8-6-5-7-9-12)22-10-18-14-13(22)16(24)21(4)17(25)20(14)3/h10-12H,5-9H2,1-4H3/t11-/m0/s1. The molecule has 0 unspecified atom stereocenters. The SMILES string of the molecule is C[C@@H](C(=O)N(C)C1CCCCC1)n1cnc2c1c(=O)n(C)c(=O)n2C. The predicted molar refractivity (Wildman–Crippen MR) is 94.6 cm³/mol. The summed E-state index contributed by atoms with van der Waals surface area (Å²) in [5, 5.41) is 0. The molecule has 1 amide bonds. The maximum absolute atomic E-state index is 12.9. The number of aryl methyl sites for hydroxylation is 1. The molecule has 1 atom stereocenters. The minimum absolute atomic E-state index is 0.0397. The van der Waals surface area contributed by atoms with Crippen molar-refractivity contribution in [3.8, 4) is 0 Å². The fraction of sp³-hybridized carbons (Fsp3) is 0.647. The molecule has 136 valence electrons. The van der Waals surface area contributed by atoms with Gasteiger partial charge in [-0.15, -0.1) is 0 Å². The van der Waals surface area contributed by atoms with Crippen LogP contribution in [0.1, 0.15) is 45.1 Å². The highest BCUT2D eigenvalue weighted by atomic mass is 16.2. The second kappa shape index (κ2) is 6.50. The van der Waals surface area contributed by atoms with Crippen LogP contribution in [-0.4, -0.2) is 42.6 Å². The van der Waals surface area contributed by atoms with Crippen molar-refractivity contribution in [1.29, 1.82) is 0 Å². The molecule has 2 heterocycles. The summed E-state index contributed by atoms with van der Waals surface area (Å²) in [5.41, 5.74) is -0.285. The van der Waals surface area contributed by atoms with Gasteiger partial charge in [0.2, 0.25) is 5.91 Å². The Hall–Kier alpha value is -2.38. The average Bonchev–Trinajstić information content (AvgIpc) is 3.08. The summed E-state index contributed by atoms with van der Waals surface area (Å²) in [6.45, 7) is 1.77. The maximum atomic E-state index is 12.9. The van der Waals surface area contributed by atoms with Crippen LogP contribution in [0, 0.1) is 0 Å². The number of hydrogen-bond acceptors (Lipinski definition) is 4. The zero-order valence-electron chi connectivity index (χ0n) is 15.2. The highest BCUT2D eigenvalue weighted by Gasteiger charge is 2.28. The third-order valence-electron chi connectivity index (χ3n) is 5.42. The van der Waals surface area contributed by atoms with E-state index in [0.29, 0.717) is 5.65 Å². The predicted octanol–water partition coefficient (Wildman–Crippen LogP) is 0.786. The van der Waals surface area contributed by atoms with Gasteiger partial charge in [0.25, 0.3) is 5.56 Å². The molecular weight excluding hydrogens is 322 g/mol. The quantitative estimate of drug-likeness (QED) is 0.822. The number of aromatic nitrogens is 4. The van der Waals surface area contributed by atoms with E-state index in [-0.39, 0.29) is 17.5 Å². The van der Waals surface area contributed by atoms with Gasteiger partial charge in [0.05, 0.1) is 6.33 Å². The minimum Gasteiger partial charge on any atom is -0.341 e. The molecule has 3 rings (SSSR count). The molecule has 0 saturated heterocycles. The van der Waals surface area contributed by atoms with Crippen molar-refractivity contribution in [2.45, 2.75) is 51.1 Å². The van der Waals surface area contributed by atoms with Gasteiger partial charge in [0, 0.05) is 27.2 Å². The smallest absolute Gasteiger partial charge is 0.332 e. The van der Waals surface area contributed by atoms with Crippen LogP contribution >= 0.6 is 0 Å². The van der Waals surface area contributed by atoms with Crippen LogP contribution in [0.15, 0.2) is 15.9 Å². The molecule has 25 heavy (non-hydrogen) atoms. The molecule has 0 spiro atoms. The Morgan fingerprint density at radius 1 is 1.20 bits per heavy atom. The van der Waals surface area contributed by atoms with Crippen LogP contribution in [0.25, 0.3) is 11.2 Å². The summed E-state index contributed by atoms with van der Waals surface area (Å²) in [6, 6.07) is -0.298. The van der Waals surface area contributed by atoms with Crippen molar-refractivity contribution in [2.24, 2.45) is 14.1 Å². The highest BCUT2D eigenvalue weighted by Crippen LogP contribution is 2.24. The zero-order valence-corrected chi connectivity index (χ0v) is 15.2. The first kappa shape index (κ1) is 17.4. The van der Waals surface area contributed by atoms with Crippen LogP contribution < -0.4 is 11.2 Å². The molecule has 0 aliphatic heterocycles. The molecule has 0 N–H and O–H groups in total. The number of carbonyl (C=O) groups excluding carboxylic acids is 1. The zero-order chi connectivity index (χ0) is 18.3. The molecule has 0 bridgehead atoms. The number of hydrogen-bond donors (Lipinski definition) is 0. The second-order valence-corrected chi connectivity index (χ2v) is 6.95. The lowest BCUT2D eigenvalue weighted by Gasteiger charge is -2.33. The number of amides is 1. The normalized spacial score (nSPS) is 17.0. The Morgan fingerprint density at radius 3 is 2.48 bits per heavy atom. The van der Waals surface area contributed by atoms with Crippen molar-refractivity contribution in [3.05, 3.63) is 27.2 Å². The van der Waals surface area contributed by atoms with Crippen LogP contribution in [0.3, 0.4) is 0 Å². The Kier molecular flexibility index (Phi) is 4.53. The summed E-state index contributed by atoms with van der Waals surface area (Å²) in [4.78, 5) is 43.5. The summed E-state index contributed by atoms with van der Waals surface area (Å²) < 4.78 is 3.95. The molecule has 1 aliphatic carbocycles. The molecule has 2 aromatic rings. The van der Waals surface area contributed by atoms with Crippen LogP contribution in [0.5, 0.6) is 0 Å². The number of likely N-dealkylation sites (N-methyl/N-ethyl adjacent to an activating group) is 1. The first-order chi connectivity index (χ1) is 11.8. The number of nitrogens with zero attached hydrogens (tertiary/aromatic N) is 5. The molecule has 8 heteroatoms. The van der Waals surface area contributed by atoms with Gasteiger partial charge >= 0.3 is 5.69 Å². The molecule has 0 radical (unpaired) electrons. The first-order valence-electron chi connectivity index (χ1n) is 8.73. The highest BCUT2D eigenvalue weighted by molar-refractivity contribution is 5.82. The Balaban J connectivity index is 2.00. The Labute approximate surface area is 145 Å². The topological polar surface area (TPSA) is 82.1 Å².